The zero-order valence-corrected chi connectivity index (χ0v) is 10.00. The third-order valence-electron chi connectivity index (χ3n) is 2.10. The van der Waals surface area contributed by atoms with Gasteiger partial charge in [0.05, 0.1) is 11.1 Å². The molecule has 0 bridgehead atoms. The van der Waals surface area contributed by atoms with Crippen LogP contribution in [-0.2, 0) is 4.79 Å². The summed E-state index contributed by atoms with van der Waals surface area (Å²) in [7, 11) is 0. The van der Waals surface area contributed by atoms with Gasteiger partial charge in [0.25, 0.3) is 0 Å². The van der Waals surface area contributed by atoms with Gasteiger partial charge in [0.15, 0.2) is 5.12 Å². The van der Waals surface area contributed by atoms with Gasteiger partial charge < -0.3 is 10.2 Å². The lowest BCUT2D eigenvalue weighted by molar-refractivity contribution is -0.109. The first-order valence-electron chi connectivity index (χ1n) is 4.62. The van der Waals surface area contributed by atoms with Crippen LogP contribution >= 0.6 is 11.8 Å². The summed E-state index contributed by atoms with van der Waals surface area (Å²) < 4.78 is 0. The van der Waals surface area contributed by atoms with E-state index < -0.39 is 11.9 Å². The molecule has 0 heterocycles. The fourth-order valence-electron chi connectivity index (χ4n) is 1.36. The Bertz CT molecular complexity index is 472. The summed E-state index contributed by atoms with van der Waals surface area (Å²) in [5.41, 5.74) is -0.0276. The van der Waals surface area contributed by atoms with Crippen LogP contribution in [0.15, 0.2) is 17.0 Å². The summed E-state index contributed by atoms with van der Waals surface area (Å²) in [5, 5.41) is 17.7. The van der Waals surface area contributed by atoms with E-state index in [-0.39, 0.29) is 21.8 Å². The zero-order valence-electron chi connectivity index (χ0n) is 9.18. The van der Waals surface area contributed by atoms with Gasteiger partial charge in [-0.05, 0) is 24.6 Å². The minimum atomic E-state index is -1.21. The first kappa shape index (κ1) is 13.2. The largest absolute Gasteiger partial charge is 0.478 e. The summed E-state index contributed by atoms with van der Waals surface area (Å²) in [5.74, 6) is -2.42. The van der Waals surface area contributed by atoms with Crippen LogP contribution in [0.5, 0.6) is 0 Å². The SMILES string of the molecule is CC(=O)Sc1cc(C(=O)O)c(C)c(C(=O)O)c1. The summed E-state index contributed by atoms with van der Waals surface area (Å²) in [6.45, 7) is 2.75. The van der Waals surface area contributed by atoms with Crippen LogP contribution in [0.2, 0.25) is 0 Å². The van der Waals surface area contributed by atoms with Gasteiger partial charge in [0.1, 0.15) is 0 Å². The maximum absolute atomic E-state index is 10.9. The second-order valence-electron chi connectivity index (χ2n) is 3.35. The molecular weight excluding hydrogens is 244 g/mol. The number of thioether (sulfide) groups is 1. The molecule has 0 radical (unpaired) electrons. The van der Waals surface area contributed by atoms with Crippen molar-refractivity contribution in [2.45, 2.75) is 18.7 Å². The van der Waals surface area contributed by atoms with E-state index in [4.69, 9.17) is 10.2 Å². The highest BCUT2D eigenvalue weighted by molar-refractivity contribution is 8.13. The third-order valence-corrected chi connectivity index (χ3v) is 2.86. The molecule has 0 unspecified atom stereocenters. The van der Waals surface area contributed by atoms with Crippen LogP contribution in [-0.4, -0.2) is 27.3 Å². The van der Waals surface area contributed by atoms with E-state index in [1.165, 1.54) is 26.0 Å². The van der Waals surface area contributed by atoms with Gasteiger partial charge in [-0.15, -0.1) is 0 Å². The molecule has 0 aliphatic carbocycles. The predicted octanol–water partition coefficient (Wildman–Crippen LogP) is 2.03. The number of carbonyl (C=O) groups is 3. The molecule has 6 heteroatoms. The molecule has 90 valence electrons. The van der Waals surface area contributed by atoms with Crippen molar-refractivity contribution < 1.29 is 24.6 Å². The zero-order chi connectivity index (χ0) is 13.2. The molecule has 1 rings (SSSR count). The highest BCUT2D eigenvalue weighted by Gasteiger charge is 2.17. The Kier molecular flexibility index (Phi) is 3.90. The van der Waals surface area contributed by atoms with Crippen LogP contribution in [0.25, 0.3) is 0 Å². The van der Waals surface area contributed by atoms with Crippen LogP contribution in [0.4, 0.5) is 0 Å². The molecule has 2 N–H and O–H groups in total. The summed E-state index contributed by atoms with van der Waals surface area (Å²) >= 11 is 0.805. The van der Waals surface area contributed by atoms with Crippen LogP contribution in [0, 0.1) is 6.92 Å². The maximum Gasteiger partial charge on any atom is 0.336 e. The lowest BCUT2D eigenvalue weighted by Gasteiger charge is -2.08. The minimum absolute atomic E-state index is 0.103. The molecule has 0 aliphatic heterocycles. The molecule has 5 nitrogen and oxygen atoms in total. The number of rotatable bonds is 3. The van der Waals surface area contributed by atoms with Crippen molar-refractivity contribution in [3.05, 3.63) is 28.8 Å². The number of hydrogen-bond acceptors (Lipinski definition) is 4. The Morgan fingerprint density at radius 2 is 1.47 bits per heavy atom. The molecular formula is C11H10O5S. The maximum atomic E-state index is 10.9. The normalized spacial score (nSPS) is 10.0. The van der Waals surface area contributed by atoms with Crippen LogP contribution in [0.3, 0.4) is 0 Å². The highest BCUT2D eigenvalue weighted by atomic mass is 32.2. The first-order valence-corrected chi connectivity index (χ1v) is 5.44. The second-order valence-corrected chi connectivity index (χ2v) is 4.60. The van der Waals surface area contributed by atoms with E-state index in [1.54, 1.807) is 0 Å². The quantitative estimate of drug-likeness (QED) is 0.802. The predicted molar refractivity (Wildman–Crippen MR) is 61.6 cm³/mol. The van der Waals surface area contributed by atoms with Gasteiger partial charge in [0.2, 0.25) is 0 Å². The van der Waals surface area contributed by atoms with E-state index in [9.17, 15) is 14.4 Å². The van der Waals surface area contributed by atoms with Crippen molar-refractivity contribution in [1.29, 1.82) is 0 Å². The average molecular weight is 254 g/mol. The monoisotopic (exact) mass is 254 g/mol. The van der Waals surface area contributed by atoms with Gasteiger partial charge in [-0.2, -0.15) is 0 Å². The van der Waals surface area contributed by atoms with Crippen LogP contribution < -0.4 is 0 Å². The molecule has 0 atom stereocenters. The molecule has 17 heavy (non-hydrogen) atoms. The van der Waals surface area contributed by atoms with E-state index in [1.807, 2.05) is 0 Å². The number of hydrogen-bond donors (Lipinski definition) is 2. The number of aromatic carboxylic acids is 2. The first-order chi connectivity index (χ1) is 7.82. The molecule has 0 fully saturated rings. The van der Waals surface area contributed by atoms with Gasteiger partial charge >= 0.3 is 11.9 Å². The number of carboxylic acids is 2. The molecule has 1 aromatic rings. The van der Waals surface area contributed by atoms with Crippen molar-refractivity contribution in [1.82, 2.24) is 0 Å². The Hall–Kier alpha value is -1.82. The molecule has 0 aromatic heterocycles. The fourth-order valence-corrected chi connectivity index (χ4v) is 2.04. The Labute approximate surface area is 101 Å². The standard InChI is InChI=1S/C11H10O5S/c1-5-8(10(13)14)3-7(17-6(2)12)4-9(5)11(15)16/h3-4H,1-2H3,(H,13,14)(H,15,16). The molecule has 0 saturated heterocycles. The average Bonchev–Trinajstić information content (AvgIpc) is 2.18. The summed E-state index contributed by atoms with van der Waals surface area (Å²) in [6, 6.07) is 2.60. The van der Waals surface area contributed by atoms with Crippen molar-refractivity contribution in [3.63, 3.8) is 0 Å². The van der Waals surface area contributed by atoms with Crippen molar-refractivity contribution in [2.24, 2.45) is 0 Å². The molecule has 0 spiro atoms. The smallest absolute Gasteiger partial charge is 0.336 e. The van der Waals surface area contributed by atoms with E-state index in [2.05, 4.69) is 0 Å². The lowest BCUT2D eigenvalue weighted by atomic mass is 10.0. The van der Waals surface area contributed by atoms with E-state index in [0.29, 0.717) is 4.90 Å². The van der Waals surface area contributed by atoms with Crippen molar-refractivity contribution in [2.75, 3.05) is 0 Å². The van der Waals surface area contributed by atoms with E-state index >= 15 is 0 Å². The highest BCUT2D eigenvalue weighted by Crippen LogP contribution is 2.25. The minimum Gasteiger partial charge on any atom is -0.478 e. The lowest BCUT2D eigenvalue weighted by Crippen LogP contribution is -2.07. The topological polar surface area (TPSA) is 91.7 Å². The molecule has 0 amide bonds. The van der Waals surface area contributed by atoms with Crippen molar-refractivity contribution >= 4 is 28.8 Å². The molecule has 0 aliphatic rings. The Balaban J connectivity index is 3.41. The molecule has 0 saturated carbocycles. The van der Waals surface area contributed by atoms with Gasteiger partial charge in [-0.3, -0.25) is 4.79 Å². The fraction of sp³-hybridized carbons (Fsp3) is 0.182. The summed E-state index contributed by atoms with van der Waals surface area (Å²) in [6.07, 6.45) is 0. The van der Waals surface area contributed by atoms with Gasteiger partial charge in [0, 0.05) is 11.8 Å². The number of carboxylic acid groups (broad SMARTS) is 2. The number of benzene rings is 1. The Morgan fingerprint density at radius 3 is 1.76 bits per heavy atom. The van der Waals surface area contributed by atoms with Crippen LogP contribution in [0.1, 0.15) is 33.2 Å². The third kappa shape index (κ3) is 3.07. The van der Waals surface area contributed by atoms with E-state index in [0.717, 1.165) is 11.8 Å². The second kappa shape index (κ2) is 5.01. The summed E-state index contributed by atoms with van der Waals surface area (Å²) in [4.78, 5) is 33.1. The van der Waals surface area contributed by atoms with Crippen molar-refractivity contribution in [3.8, 4) is 0 Å². The van der Waals surface area contributed by atoms with Gasteiger partial charge in [-0.25, -0.2) is 9.59 Å². The number of carbonyl (C=O) groups excluding carboxylic acids is 1. The molecule has 1 aromatic carbocycles. The Morgan fingerprint density at radius 1 is 1.06 bits per heavy atom. The van der Waals surface area contributed by atoms with Gasteiger partial charge in [-0.1, -0.05) is 11.8 Å².